The SMILES string of the molecule is C=C([C@@H](NC(=O)[C@H](C)NC)C1CCCCC1)N1CCC[C@H]1Cn1cc(C(O)C(C)C)c2cc(Cl)ccc21. The summed E-state index contributed by atoms with van der Waals surface area (Å²) in [6.07, 6.45) is 9.73. The molecule has 7 heteroatoms. The number of aliphatic hydroxyl groups excluding tert-OH is 1. The molecule has 2 heterocycles. The van der Waals surface area contributed by atoms with E-state index in [1.807, 2.05) is 40.0 Å². The number of amides is 1. The molecule has 0 radical (unpaired) electrons. The number of aliphatic hydroxyl groups is 1. The van der Waals surface area contributed by atoms with Crippen molar-refractivity contribution in [3.8, 4) is 0 Å². The second kappa shape index (κ2) is 12.2. The van der Waals surface area contributed by atoms with Gasteiger partial charge in [0.2, 0.25) is 5.91 Å². The highest BCUT2D eigenvalue weighted by Crippen LogP contribution is 2.36. The Balaban J connectivity index is 1.59. The van der Waals surface area contributed by atoms with Crippen LogP contribution in [0.25, 0.3) is 10.9 Å². The lowest BCUT2D eigenvalue weighted by atomic mass is 9.82. The summed E-state index contributed by atoms with van der Waals surface area (Å²) in [4.78, 5) is 15.4. The number of likely N-dealkylation sites (tertiary alicyclic amines) is 1. The monoisotopic (exact) mass is 528 g/mol. The first-order valence-corrected chi connectivity index (χ1v) is 14.5. The average Bonchev–Trinajstić information content (AvgIpc) is 3.50. The molecule has 1 aromatic carbocycles. The van der Waals surface area contributed by atoms with Crippen molar-refractivity contribution in [1.29, 1.82) is 0 Å². The molecule has 204 valence electrons. The number of rotatable bonds is 10. The van der Waals surface area contributed by atoms with Crippen molar-refractivity contribution in [3.63, 3.8) is 0 Å². The molecule has 1 aromatic heterocycles. The highest BCUT2D eigenvalue weighted by molar-refractivity contribution is 6.31. The van der Waals surface area contributed by atoms with Crippen molar-refractivity contribution in [2.45, 2.75) is 96.5 Å². The number of fused-ring (bicyclic) bond motifs is 1. The van der Waals surface area contributed by atoms with Crippen LogP contribution in [-0.4, -0.2) is 52.2 Å². The molecule has 6 nitrogen and oxygen atoms in total. The highest BCUT2D eigenvalue weighted by Gasteiger charge is 2.35. The summed E-state index contributed by atoms with van der Waals surface area (Å²) >= 11 is 6.35. The lowest BCUT2D eigenvalue weighted by Crippen LogP contribution is -2.52. The Labute approximate surface area is 227 Å². The van der Waals surface area contributed by atoms with E-state index in [0.717, 1.165) is 60.9 Å². The number of halogens is 1. The molecule has 0 spiro atoms. The Hall–Kier alpha value is -2.02. The standard InChI is InChI=1S/C30H45ClN4O2/c1-19(2)29(36)26-18-34(27-14-13-23(31)16-25(26)27)17-24-12-9-15-35(24)21(4)28(22-10-7-6-8-11-22)33-30(37)20(3)32-5/h13-14,16,18-20,22,24,28-29,32,36H,4,6-12,15,17H2,1-3,5H3,(H,33,37)/t20-,24-,28+,29?/m0/s1. The third-order valence-corrected chi connectivity index (χ3v) is 8.82. The van der Waals surface area contributed by atoms with E-state index in [0.29, 0.717) is 10.9 Å². The van der Waals surface area contributed by atoms with Crippen LogP contribution in [0.5, 0.6) is 0 Å². The van der Waals surface area contributed by atoms with Crippen molar-refractivity contribution in [2.75, 3.05) is 13.6 Å². The van der Waals surface area contributed by atoms with Gasteiger partial charge in [-0.3, -0.25) is 4.79 Å². The van der Waals surface area contributed by atoms with Gasteiger partial charge in [0, 0.05) is 52.5 Å². The minimum Gasteiger partial charge on any atom is -0.388 e. The fraction of sp³-hybridized carbons (Fsp3) is 0.633. The Bertz CT molecular complexity index is 1090. The fourth-order valence-corrected chi connectivity index (χ4v) is 6.37. The average molecular weight is 529 g/mol. The minimum absolute atomic E-state index is 0.0376. The van der Waals surface area contributed by atoms with Crippen LogP contribution in [0.1, 0.15) is 77.4 Å². The molecule has 37 heavy (non-hydrogen) atoms. The van der Waals surface area contributed by atoms with Crippen LogP contribution >= 0.6 is 11.6 Å². The molecule has 3 N–H and O–H groups in total. The maximum atomic E-state index is 12.9. The van der Waals surface area contributed by atoms with Gasteiger partial charge in [0.05, 0.1) is 18.2 Å². The van der Waals surface area contributed by atoms with Crippen molar-refractivity contribution < 1.29 is 9.90 Å². The summed E-state index contributed by atoms with van der Waals surface area (Å²) in [6.45, 7) is 12.3. The van der Waals surface area contributed by atoms with Crippen LogP contribution < -0.4 is 10.6 Å². The van der Waals surface area contributed by atoms with E-state index in [1.54, 1.807) is 0 Å². The largest absolute Gasteiger partial charge is 0.388 e. The number of likely N-dealkylation sites (N-methyl/N-ethyl adjacent to an activating group) is 1. The van der Waals surface area contributed by atoms with Crippen LogP contribution in [0.2, 0.25) is 5.02 Å². The number of hydrogen-bond donors (Lipinski definition) is 3. The molecule has 1 aliphatic carbocycles. The Morgan fingerprint density at radius 3 is 2.57 bits per heavy atom. The second-order valence-electron chi connectivity index (χ2n) is 11.5. The molecule has 4 rings (SSSR count). The van der Waals surface area contributed by atoms with Crippen molar-refractivity contribution in [1.82, 2.24) is 20.1 Å². The molecule has 4 atom stereocenters. The van der Waals surface area contributed by atoms with Gasteiger partial charge in [0.25, 0.3) is 0 Å². The highest BCUT2D eigenvalue weighted by atomic mass is 35.5. The maximum Gasteiger partial charge on any atom is 0.237 e. The first-order valence-electron chi connectivity index (χ1n) is 14.1. The van der Waals surface area contributed by atoms with E-state index < -0.39 is 6.10 Å². The number of hydrogen-bond acceptors (Lipinski definition) is 4. The zero-order valence-corrected chi connectivity index (χ0v) is 23.7. The van der Waals surface area contributed by atoms with Gasteiger partial charge >= 0.3 is 0 Å². The molecule has 2 fully saturated rings. The first kappa shape index (κ1) is 28.0. The summed E-state index contributed by atoms with van der Waals surface area (Å²) < 4.78 is 2.28. The number of carbonyl (C=O) groups is 1. The third-order valence-electron chi connectivity index (χ3n) is 8.58. The summed E-state index contributed by atoms with van der Waals surface area (Å²) in [7, 11) is 1.82. The maximum absolute atomic E-state index is 12.9. The van der Waals surface area contributed by atoms with Crippen molar-refractivity contribution in [3.05, 3.63) is 47.3 Å². The lowest BCUT2D eigenvalue weighted by Gasteiger charge is -2.39. The minimum atomic E-state index is -0.545. The zero-order chi connectivity index (χ0) is 26.7. The fourth-order valence-electron chi connectivity index (χ4n) is 6.20. The normalized spacial score (nSPS) is 21.4. The van der Waals surface area contributed by atoms with E-state index in [1.165, 1.54) is 19.3 Å². The first-order chi connectivity index (χ1) is 17.7. The van der Waals surface area contributed by atoms with Gasteiger partial charge in [-0.05, 0) is 69.7 Å². The summed E-state index contributed by atoms with van der Waals surface area (Å²) in [5, 5.41) is 19.1. The molecule has 1 unspecified atom stereocenters. The molecular weight excluding hydrogens is 484 g/mol. The Morgan fingerprint density at radius 1 is 1.16 bits per heavy atom. The van der Waals surface area contributed by atoms with Gasteiger partial charge in [-0.1, -0.05) is 51.3 Å². The summed E-state index contributed by atoms with van der Waals surface area (Å²) in [5.41, 5.74) is 3.08. The molecule has 1 amide bonds. The summed E-state index contributed by atoms with van der Waals surface area (Å²) in [5.74, 6) is 0.578. The topological polar surface area (TPSA) is 69.5 Å². The van der Waals surface area contributed by atoms with E-state index in [2.05, 4.69) is 38.9 Å². The van der Waals surface area contributed by atoms with E-state index in [-0.39, 0.29) is 30.0 Å². The van der Waals surface area contributed by atoms with Crippen LogP contribution in [0.4, 0.5) is 0 Å². The van der Waals surface area contributed by atoms with Gasteiger partial charge in [0.15, 0.2) is 0 Å². The molecule has 1 saturated heterocycles. The molecule has 2 aliphatic rings. The summed E-state index contributed by atoms with van der Waals surface area (Å²) in [6, 6.07) is 5.96. The molecule has 1 saturated carbocycles. The Kier molecular flexibility index (Phi) is 9.25. The van der Waals surface area contributed by atoms with Gasteiger partial charge in [0.1, 0.15) is 0 Å². The van der Waals surface area contributed by atoms with Crippen molar-refractivity contribution in [2.24, 2.45) is 11.8 Å². The second-order valence-corrected chi connectivity index (χ2v) is 11.9. The van der Waals surface area contributed by atoms with Gasteiger partial charge in [-0.15, -0.1) is 0 Å². The lowest BCUT2D eigenvalue weighted by molar-refractivity contribution is -0.123. The van der Waals surface area contributed by atoms with Gasteiger partial charge in [-0.25, -0.2) is 0 Å². The number of aromatic nitrogens is 1. The number of carbonyl (C=O) groups excluding carboxylic acids is 1. The molecule has 1 aliphatic heterocycles. The molecule has 2 aromatic rings. The number of nitrogens with zero attached hydrogens (tertiary/aromatic N) is 2. The Morgan fingerprint density at radius 2 is 1.89 bits per heavy atom. The van der Waals surface area contributed by atoms with Crippen LogP contribution in [0.15, 0.2) is 36.7 Å². The van der Waals surface area contributed by atoms with E-state index >= 15 is 0 Å². The quantitative estimate of drug-likeness (QED) is 0.373. The van der Waals surface area contributed by atoms with Gasteiger partial charge in [-0.2, -0.15) is 0 Å². The molecule has 0 bridgehead atoms. The van der Waals surface area contributed by atoms with Gasteiger partial charge < -0.3 is 25.2 Å². The van der Waals surface area contributed by atoms with Crippen LogP contribution in [0, 0.1) is 11.8 Å². The van der Waals surface area contributed by atoms with E-state index in [4.69, 9.17) is 11.6 Å². The predicted molar refractivity (Wildman–Crippen MR) is 153 cm³/mol. The zero-order valence-electron chi connectivity index (χ0n) is 23.0. The third kappa shape index (κ3) is 6.18. The smallest absolute Gasteiger partial charge is 0.237 e. The number of benzene rings is 1. The van der Waals surface area contributed by atoms with Crippen LogP contribution in [-0.2, 0) is 11.3 Å². The number of nitrogens with one attached hydrogen (secondary N) is 2. The molecular formula is C30H45ClN4O2. The van der Waals surface area contributed by atoms with Crippen molar-refractivity contribution >= 4 is 28.4 Å². The van der Waals surface area contributed by atoms with Crippen LogP contribution in [0.3, 0.4) is 0 Å². The van der Waals surface area contributed by atoms with E-state index in [9.17, 15) is 9.90 Å². The predicted octanol–water partition coefficient (Wildman–Crippen LogP) is 5.64.